The highest BCUT2D eigenvalue weighted by molar-refractivity contribution is 6.99. The van der Waals surface area contributed by atoms with Crippen LogP contribution in [0.5, 0.6) is 0 Å². The molecule has 2 saturated heterocycles. The third kappa shape index (κ3) is 4.21. The quantitative estimate of drug-likeness (QED) is 0.388. The Balaban J connectivity index is 1.39. The van der Waals surface area contributed by atoms with Gasteiger partial charge < -0.3 is 15.4 Å². The second-order valence-electron chi connectivity index (χ2n) is 8.48. The molecule has 9 nitrogen and oxygen atoms in total. The maximum Gasteiger partial charge on any atom is 0.281 e. The third-order valence-corrected chi connectivity index (χ3v) is 7.97. The SMILES string of the molecule is O=C(Nc1cc2c(-c3nc4ccc(N[C@@H]5CCOC5)cn4n3)cnc(C(F)F)c2cn1)[Si]1C[C@@H]1F. The normalized spacial score (nSPS) is 20.1. The molecule has 2 aliphatic heterocycles. The zero-order valence-corrected chi connectivity index (χ0v) is 19.2. The fourth-order valence-corrected chi connectivity index (χ4v) is 5.44. The van der Waals surface area contributed by atoms with Gasteiger partial charge in [0, 0.05) is 35.3 Å². The Bertz CT molecular complexity index is 1440. The number of fused-ring (bicyclic) bond motifs is 2. The summed E-state index contributed by atoms with van der Waals surface area (Å²) >= 11 is 0. The summed E-state index contributed by atoms with van der Waals surface area (Å²) in [5.41, 5.74) is 1.00. The third-order valence-electron chi connectivity index (χ3n) is 6.03. The van der Waals surface area contributed by atoms with Crippen LogP contribution in [0.3, 0.4) is 0 Å². The molecule has 4 aromatic heterocycles. The molecule has 2 aliphatic rings. The Hall–Kier alpha value is -3.58. The number of nitrogens with one attached hydrogen (secondary N) is 2. The monoisotopic (exact) mass is 498 g/mol. The summed E-state index contributed by atoms with van der Waals surface area (Å²) in [6.45, 7) is 1.35. The van der Waals surface area contributed by atoms with Crippen molar-refractivity contribution < 1.29 is 22.7 Å². The molecule has 6 heterocycles. The second kappa shape index (κ2) is 8.57. The van der Waals surface area contributed by atoms with Gasteiger partial charge in [-0.25, -0.2) is 23.3 Å². The fourth-order valence-electron chi connectivity index (χ4n) is 4.11. The van der Waals surface area contributed by atoms with Crippen LogP contribution < -0.4 is 10.6 Å². The highest BCUT2D eigenvalue weighted by Gasteiger charge is 2.47. The average molecular weight is 499 g/mol. The van der Waals surface area contributed by atoms with Gasteiger partial charge in [0.15, 0.2) is 17.0 Å². The summed E-state index contributed by atoms with van der Waals surface area (Å²) in [7, 11) is -1.73. The van der Waals surface area contributed by atoms with Crippen molar-refractivity contribution in [3.63, 3.8) is 0 Å². The number of anilines is 2. The van der Waals surface area contributed by atoms with E-state index in [-0.39, 0.29) is 29.1 Å². The molecule has 0 spiro atoms. The minimum Gasteiger partial charge on any atom is -0.379 e. The Morgan fingerprint density at radius 1 is 1.23 bits per heavy atom. The molecule has 35 heavy (non-hydrogen) atoms. The van der Waals surface area contributed by atoms with E-state index in [1.165, 1.54) is 18.5 Å². The van der Waals surface area contributed by atoms with Crippen LogP contribution in [0.25, 0.3) is 27.8 Å². The Morgan fingerprint density at radius 2 is 2.09 bits per heavy atom. The standard InChI is InChI=1S/C22H19F3N7O2Si/c23-16-10-35(16)22(33)29-17-5-13-14(6-26-17)19(20(24)25)27-7-15(13)21-30-18-2-1-11(8-32(18)31-21)28-12-3-4-34-9-12/h1-2,5-8,12,16,20,28H,3-4,9-10H2,(H,26,29,33)/t12-,16-/m1/s1. The molecule has 2 N–H and O–H groups in total. The summed E-state index contributed by atoms with van der Waals surface area (Å²) in [6.07, 6.45) is 2.43. The van der Waals surface area contributed by atoms with Crippen molar-refractivity contribution in [1.82, 2.24) is 24.6 Å². The van der Waals surface area contributed by atoms with Crippen LogP contribution in [0.4, 0.5) is 29.5 Å². The first-order valence-electron chi connectivity index (χ1n) is 11.1. The lowest BCUT2D eigenvalue weighted by Gasteiger charge is -2.11. The highest BCUT2D eigenvalue weighted by Crippen LogP contribution is 2.34. The minimum absolute atomic E-state index is 0.127. The average Bonchev–Trinajstić information content (AvgIpc) is 3.20. The second-order valence-corrected chi connectivity index (χ2v) is 11.0. The van der Waals surface area contributed by atoms with Gasteiger partial charge in [-0.2, -0.15) is 0 Å². The van der Waals surface area contributed by atoms with Gasteiger partial charge in [0.2, 0.25) is 8.80 Å². The molecule has 1 amide bonds. The van der Waals surface area contributed by atoms with Crippen LogP contribution in [-0.2, 0) is 4.74 Å². The fraction of sp³-hybridized carbons (Fsp3) is 0.318. The van der Waals surface area contributed by atoms with Gasteiger partial charge in [-0.1, -0.05) is 0 Å². The van der Waals surface area contributed by atoms with Gasteiger partial charge in [0.25, 0.3) is 6.43 Å². The number of ether oxygens (including phenoxy) is 1. The lowest BCUT2D eigenvalue weighted by atomic mass is 10.1. The summed E-state index contributed by atoms with van der Waals surface area (Å²) in [4.78, 5) is 24.8. The van der Waals surface area contributed by atoms with Crippen LogP contribution in [0.2, 0.25) is 6.04 Å². The molecule has 6 rings (SSSR count). The topological polar surface area (TPSA) is 106 Å². The Labute approximate surface area is 198 Å². The van der Waals surface area contributed by atoms with Crippen LogP contribution in [0.15, 0.2) is 36.8 Å². The van der Waals surface area contributed by atoms with Gasteiger partial charge in [-0.3, -0.25) is 14.2 Å². The smallest absolute Gasteiger partial charge is 0.281 e. The molecule has 0 unspecified atom stereocenters. The first-order chi connectivity index (χ1) is 17.0. The molecule has 1 radical (unpaired) electrons. The van der Waals surface area contributed by atoms with Gasteiger partial charge in [-0.05, 0) is 30.7 Å². The molecule has 13 heteroatoms. The lowest BCUT2D eigenvalue weighted by Crippen LogP contribution is -2.21. The molecule has 0 saturated carbocycles. The lowest BCUT2D eigenvalue weighted by molar-refractivity contribution is 0.148. The van der Waals surface area contributed by atoms with Crippen molar-refractivity contribution in [2.45, 2.75) is 30.7 Å². The van der Waals surface area contributed by atoms with E-state index in [0.717, 1.165) is 18.7 Å². The number of nitrogens with zero attached hydrogens (tertiary/aromatic N) is 5. The minimum atomic E-state index is -2.82. The van der Waals surface area contributed by atoms with E-state index in [9.17, 15) is 18.0 Å². The summed E-state index contributed by atoms with van der Waals surface area (Å²) in [6, 6.07) is 5.66. The van der Waals surface area contributed by atoms with Gasteiger partial charge in [0.1, 0.15) is 11.5 Å². The molecule has 0 aromatic carbocycles. The van der Waals surface area contributed by atoms with Crippen molar-refractivity contribution in [1.29, 1.82) is 0 Å². The number of alkyl halides is 3. The number of aromatic nitrogens is 5. The van der Waals surface area contributed by atoms with E-state index in [2.05, 4.69) is 30.7 Å². The molecular weight excluding hydrogens is 479 g/mol. The maximum absolute atomic E-state index is 13.6. The first-order valence-corrected chi connectivity index (χ1v) is 12.8. The van der Waals surface area contributed by atoms with E-state index in [1.54, 1.807) is 16.8 Å². The van der Waals surface area contributed by atoms with Crippen molar-refractivity contribution >= 4 is 42.3 Å². The van der Waals surface area contributed by atoms with Crippen LogP contribution >= 0.6 is 0 Å². The number of amides is 1. The van der Waals surface area contributed by atoms with E-state index in [1.807, 2.05) is 6.07 Å². The zero-order valence-electron chi connectivity index (χ0n) is 18.2. The molecule has 0 bridgehead atoms. The van der Waals surface area contributed by atoms with Crippen LogP contribution in [0.1, 0.15) is 18.5 Å². The highest BCUT2D eigenvalue weighted by atomic mass is 28.3. The predicted molar refractivity (Wildman–Crippen MR) is 124 cm³/mol. The van der Waals surface area contributed by atoms with Crippen LogP contribution in [0, 0.1) is 0 Å². The summed E-state index contributed by atoms with van der Waals surface area (Å²) < 4.78 is 47.5. The van der Waals surface area contributed by atoms with E-state index < -0.39 is 32.2 Å². The first kappa shape index (κ1) is 21.9. The molecule has 2 fully saturated rings. The number of carbonyl (C=O) groups excluding carboxylic acids is 1. The maximum atomic E-state index is 13.6. The predicted octanol–water partition coefficient (Wildman–Crippen LogP) is 3.98. The number of hydrogen-bond donors (Lipinski definition) is 2. The Kier molecular flexibility index (Phi) is 5.37. The molecular formula is C22H19F3N7O2Si. The molecule has 2 atom stereocenters. The van der Waals surface area contributed by atoms with Gasteiger partial charge >= 0.3 is 0 Å². The number of rotatable bonds is 6. The Morgan fingerprint density at radius 3 is 2.83 bits per heavy atom. The largest absolute Gasteiger partial charge is 0.379 e. The molecule has 4 aromatic rings. The van der Waals surface area contributed by atoms with E-state index in [4.69, 9.17) is 4.74 Å². The van der Waals surface area contributed by atoms with Gasteiger partial charge in [0.05, 0.1) is 30.3 Å². The molecule has 179 valence electrons. The summed E-state index contributed by atoms with van der Waals surface area (Å²) in [5, 5.41) is 11.0. The van der Waals surface area contributed by atoms with Crippen LogP contribution in [-0.4, -0.2) is 63.9 Å². The van der Waals surface area contributed by atoms with Gasteiger partial charge in [-0.15, -0.1) is 5.10 Å². The number of pyridine rings is 3. The number of hydrogen-bond acceptors (Lipinski definition) is 7. The van der Waals surface area contributed by atoms with E-state index in [0.29, 0.717) is 23.2 Å². The number of carbonyl (C=O) groups is 1. The van der Waals surface area contributed by atoms with Crippen molar-refractivity contribution in [3.05, 3.63) is 42.5 Å². The van der Waals surface area contributed by atoms with Crippen molar-refractivity contribution in [2.24, 2.45) is 0 Å². The van der Waals surface area contributed by atoms with Crippen molar-refractivity contribution in [3.8, 4) is 11.4 Å². The molecule has 0 aliphatic carbocycles. The zero-order chi connectivity index (χ0) is 24.1. The van der Waals surface area contributed by atoms with E-state index >= 15 is 0 Å². The summed E-state index contributed by atoms with van der Waals surface area (Å²) in [5.74, 6) is -0.625. The van der Waals surface area contributed by atoms with Crippen molar-refractivity contribution in [2.75, 3.05) is 23.8 Å². The number of halogens is 3.